The molecule has 6 nitrogen and oxygen atoms in total. The number of aryl methyl sites for hydroxylation is 2. The number of ether oxygens (including phenoxy) is 1. The third-order valence-electron chi connectivity index (χ3n) is 4.67. The van der Waals surface area contributed by atoms with Crippen LogP contribution in [-0.4, -0.2) is 20.0 Å². The van der Waals surface area contributed by atoms with Crippen molar-refractivity contribution in [3.63, 3.8) is 0 Å². The van der Waals surface area contributed by atoms with Gasteiger partial charge in [-0.15, -0.1) is 5.10 Å². The normalized spacial score (nSPS) is 11.2. The van der Waals surface area contributed by atoms with Gasteiger partial charge in [-0.1, -0.05) is 47.7 Å². The first-order chi connectivity index (χ1) is 14.8. The van der Waals surface area contributed by atoms with Gasteiger partial charge in [0.25, 0.3) is 0 Å². The summed E-state index contributed by atoms with van der Waals surface area (Å²) >= 11 is 0. The molecule has 0 spiro atoms. The molecule has 0 radical (unpaired) electrons. The molecule has 0 bridgehead atoms. The highest BCUT2D eigenvalue weighted by atomic mass is 16.5. The smallest absolute Gasteiger partial charge is 0.218 e. The second-order valence-corrected chi connectivity index (χ2v) is 6.98. The molecule has 0 unspecified atom stereocenters. The maximum Gasteiger partial charge on any atom is 0.218 e. The van der Waals surface area contributed by atoms with Crippen LogP contribution in [0.15, 0.2) is 77.7 Å². The summed E-state index contributed by atoms with van der Waals surface area (Å²) in [6.07, 6.45) is 12.3. The van der Waals surface area contributed by atoms with Crippen LogP contribution >= 0.6 is 0 Å². The van der Waals surface area contributed by atoms with Crippen molar-refractivity contribution in [2.75, 3.05) is 0 Å². The van der Waals surface area contributed by atoms with Crippen molar-refractivity contribution >= 4 is 12.2 Å². The van der Waals surface area contributed by atoms with Gasteiger partial charge in [-0.3, -0.25) is 4.68 Å². The van der Waals surface area contributed by atoms with Crippen molar-refractivity contribution in [3.8, 4) is 5.75 Å². The van der Waals surface area contributed by atoms with Crippen molar-refractivity contribution < 1.29 is 9.15 Å². The van der Waals surface area contributed by atoms with Gasteiger partial charge >= 0.3 is 0 Å². The van der Waals surface area contributed by atoms with Crippen molar-refractivity contribution in [1.29, 1.82) is 0 Å². The SMILES string of the molecule is C(=C\c1nc(COc2ccc(CCCCn3ccnn3)cc2)co1)/c1ccccc1. The predicted molar refractivity (Wildman–Crippen MR) is 116 cm³/mol. The fraction of sp³-hybridized carbons (Fsp3) is 0.208. The van der Waals surface area contributed by atoms with E-state index in [0.717, 1.165) is 42.8 Å². The Morgan fingerprint density at radius 3 is 2.63 bits per heavy atom. The molecule has 30 heavy (non-hydrogen) atoms. The third-order valence-corrected chi connectivity index (χ3v) is 4.67. The van der Waals surface area contributed by atoms with Crippen LogP contribution in [0.25, 0.3) is 12.2 Å². The van der Waals surface area contributed by atoms with Crippen LogP contribution in [0.3, 0.4) is 0 Å². The predicted octanol–water partition coefficient (Wildman–Crippen LogP) is 5.04. The van der Waals surface area contributed by atoms with E-state index in [1.165, 1.54) is 5.56 Å². The summed E-state index contributed by atoms with van der Waals surface area (Å²) in [6, 6.07) is 18.3. The number of benzene rings is 2. The van der Waals surface area contributed by atoms with E-state index in [1.54, 1.807) is 12.5 Å². The van der Waals surface area contributed by atoms with Gasteiger partial charge in [-0.2, -0.15) is 0 Å². The fourth-order valence-electron chi connectivity index (χ4n) is 3.06. The number of aromatic nitrogens is 4. The summed E-state index contributed by atoms with van der Waals surface area (Å²) in [5.74, 6) is 1.39. The standard InChI is InChI=1S/C24H24N4O2/c1-2-6-20(7-3-1)11-14-24-26-22(19-30-24)18-29-23-12-9-21(10-13-23)8-4-5-16-28-17-15-25-27-28/h1-3,6-7,9-15,17,19H,4-5,8,16,18H2/b14-11+. The molecule has 4 aromatic rings. The second kappa shape index (κ2) is 10.2. The van der Waals surface area contributed by atoms with Gasteiger partial charge in [0.1, 0.15) is 24.3 Å². The topological polar surface area (TPSA) is 66.0 Å². The van der Waals surface area contributed by atoms with Gasteiger partial charge in [0.15, 0.2) is 0 Å². The Bertz CT molecular complexity index is 1040. The van der Waals surface area contributed by atoms with Crippen molar-refractivity contribution in [2.24, 2.45) is 0 Å². The number of oxazole rings is 1. The lowest BCUT2D eigenvalue weighted by Gasteiger charge is -2.06. The van der Waals surface area contributed by atoms with E-state index >= 15 is 0 Å². The zero-order chi connectivity index (χ0) is 20.4. The van der Waals surface area contributed by atoms with E-state index in [-0.39, 0.29) is 0 Å². The fourth-order valence-corrected chi connectivity index (χ4v) is 3.06. The van der Waals surface area contributed by atoms with Crippen LogP contribution < -0.4 is 4.74 Å². The molecule has 0 N–H and O–H groups in total. The molecule has 0 saturated heterocycles. The van der Waals surface area contributed by atoms with Gasteiger partial charge in [0, 0.05) is 18.8 Å². The van der Waals surface area contributed by atoms with E-state index in [2.05, 4.69) is 27.4 Å². The Labute approximate surface area is 175 Å². The van der Waals surface area contributed by atoms with Crippen LogP contribution in [0, 0.1) is 0 Å². The Kier molecular flexibility index (Phi) is 6.68. The van der Waals surface area contributed by atoms with Crippen molar-refractivity contribution in [3.05, 3.63) is 96.0 Å². The molecule has 6 heteroatoms. The first-order valence-corrected chi connectivity index (χ1v) is 10.1. The molecule has 4 rings (SSSR count). The van der Waals surface area contributed by atoms with E-state index in [9.17, 15) is 0 Å². The average molecular weight is 400 g/mol. The van der Waals surface area contributed by atoms with Gasteiger partial charge in [-0.05, 0) is 48.6 Å². The lowest BCUT2D eigenvalue weighted by Crippen LogP contribution is -1.99. The highest BCUT2D eigenvalue weighted by Gasteiger charge is 2.03. The van der Waals surface area contributed by atoms with E-state index in [1.807, 2.05) is 65.5 Å². The number of unbranched alkanes of at least 4 members (excludes halogenated alkanes) is 1. The molecule has 2 aromatic carbocycles. The number of hydrogen-bond donors (Lipinski definition) is 0. The third kappa shape index (κ3) is 5.91. The molecule has 0 fully saturated rings. The van der Waals surface area contributed by atoms with Gasteiger partial charge in [0.2, 0.25) is 5.89 Å². The second-order valence-electron chi connectivity index (χ2n) is 6.98. The maximum atomic E-state index is 5.83. The Morgan fingerprint density at radius 1 is 0.967 bits per heavy atom. The zero-order valence-electron chi connectivity index (χ0n) is 16.7. The Balaban J connectivity index is 1.20. The van der Waals surface area contributed by atoms with E-state index < -0.39 is 0 Å². The van der Waals surface area contributed by atoms with Crippen LogP contribution in [0.4, 0.5) is 0 Å². The summed E-state index contributed by atoms with van der Waals surface area (Å²) in [7, 11) is 0. The molecule has 0 aliphatic rings. The summed E-state index contributed by atoms with van der Waals surface area (Å²) in [4.78, 5) is 4.44. The molecule has 152 valence electrons. The summed E-state index contributed by atoms with van der Waals surface area (Å²) in [5.41, 5.74) is 3.17. The lowest BCUT2D eigenvalue weighted by atomic mass is 10.1. The van der Waals surface area contributed by atoms with Crippen molar-refractivity contribution in [1.82, 2.24) is 20.0 Å². The summed E-state index contributed by atoms with van der Waals surface area (Å²) < 4.78 is 13.2. The minimum Gasteiger partial charge on any atom is -0.487 e. The molecule has 0 aliphatic carbocycles. The van der Waals surface area contributed by atoms with Gasteiger partial charge in [-0.25, -0.2) is 4.98 Å². The first-order valence-electron chi connectivity index (χ1n) is 10.1. The highest BCUT2D eigenvalue weighted by molar-refractivity contribution is 5.65. The Morgan fingerprint density at radius 2 is 1.83 bits per heavy atom. The average Bonchev–Trinajstić information content (AvgIpc) is 3.47. The molecular formula is C24H24N4O2. The number of hydrogen-bond acceptors (Lipinski definition) is 5. The highest BCUT2D eigenvalue weighted by Crippen LogP contribution is 2.16. The first kappa shape index (κ1) is 19.6. The monoisotopic (exact) mass is 400 g/mol. The molecular weight excluding hydrogens is 376 g/mol. The molecule has 0 atom stereocenters. The number of rotatable bonds is 10. The van der Waals surface area contributed by atoms with E-state index in [4.69, 9.17) is 9.15 Å². The van der Waals surface area contributed by atoms with Crippen LogP contribution in [-0.2, 0) is 19.6 Å². The van der Waals surface area contributed by atoms with Gasteiger partial charge in [0.05, 0.1) is 6.20 Å². The molecule has 2 heterocycles. The maximum absolute atomic E-state index is 5.83. The molecule has 0 saturated carbocycles. The van der Waals surface area contributed by atoms with Gasteiger partial charge < -0.3 is 9.15 Å². The van der Waals surface area contributed by atoms with Crippen LogP contribution in [0.5, 0.6) is 5.75 Å². The summed E-state index contributed by atoms with van der Waals surface area (Å²) in [5, 5.41) is 7.79. The minimum absolute atomic E-state index is 0.375. The minimum atomic E-state index is 0.375. The number of nitrogens with zero attached hydrogens (tertiary/aromatic N) is 4. The molecule has 0 amide bonds. The quantitative estimate of drug-likeness (QED) is 0.349. The largest absolute Gasteiger partial charge is 0.487 e. The van der Waals surface area contributed by atoms with Crippen LogP contribution in [0.2, 0.25) is 0 Å². The van der Waals surface area contributed by atoms with Crippen molar-refractivity contribution in [2.45, 2.75) is 32.4 Å². The molecule has 2 aromatic heterocycles. The Hall–Kier alpha value is -3.67. The lowest BCUT2D eigenvalue weighted by molar-refractivity contribution is 0.301. The van der Waals surface area contributed by atoms with Crippen LogP contribution in [0.1, 0.15) is 35.6 Å². The summed E-state index contributed by atoms with van der Waals surface area (Å²) in [6.45, 7) is 1.28. The van der Waals surface area contributed by atoms with E-state index in [0.29, 0.717) is 12.5 Å². The molecule has 0 aliphatic heterocycles. The zero-order valence-corrected chi connectivity index (χ0v) is 16.7.